The smallest absolute Gasteiger partial charge is 0.235 e. The molecule has 1 saturated carbocycles. The van der Waals surface area contributed by atoms with Crippen LogP contribution < -0.4 is 4.74 Å². The van der Waals surface area contributed by atoms with Gasteiger partial charge >= 0.3 is 0 Å². The lowest BCUT2D eigenvalue weighted by Gasteiger charge is -2.16. The van der Waals surface area contributed by atoms with Gasteiger partial charge in [0.1, 0.15) is 17.0 Å². The van der Waals surface area contributed by atoms with Gasteiger partial charge in [-0.2, -0.15) is 4.99 Å². The molecule has 0 saturated heterocycles. The number of aliphatic imine (C=N–C) groups is 1. The van der Waals surface area contributed by atoms with E-state index in [2.05, 4.69) is 4.99 Å². The minimum Gasteiger partial charge on any atom is -0.507 e. The monoisotopic (exact) mass is 219 g/mol. The van der Waals surface area contributed by atoms with Crippen molar-refractivity contribution in [2.75, 3.05) is 7.11 Å². The molecule has 2 rings (SSSR count). The summed E-state index contributed by atoms with van der Waals surface area (Å²) in [4.78, 5) is 14.2. The number of aromatic hydroxyl groups is 1. The molecule has 1 aliphatic carbocycles. The molecular weight excluding hydrogens is 206 g/mol. The summed E-state index contributed by atoms with van der Waals surface area (Å²) < 4.78 is 5.20. The van der Waals surface area contributed by atoms with Crippen LogP contribution in [-0.2, 0) is 10.3 Å². The van der Waals surface area contributed by atoms with Crippen LogP contribution in [0.25, 0.3) is 0 Å². The molecule has 0 bridgehead atoms. The Hall–Kier alpha value is -1.80. The molecule has 0 radical (unpaired) electrons. The number of aryl methyl sites for hydroxylation is 1. The zero-order valence-electron chi connectivity index (χ0n) is 9.28. The first-order valence-corrected chi connectivity index (χ1v) is 5.11. The van der Waals surface area contributed by atoms with Crippen molar-refractivity contribution >= 4 is 6.08 Å². The highest BCUT2D eigenvalue weighted by Gasteiger charge is 2.49. The molecule has 1 fully saturated rings. The number of isocyanates is 1. The number of hydrogen-bond acceptors (Lipinski definition) is 4. The summed E-state index contributed by atoms with van der Waals surface area (Å²) in [6, 6.07) is 3.56. The van der Waals surface area contributed by atoms with Gasteiger partial charge < -0.3 is 9.84 Å². The zero-order chi connectivity index (χ0) is 11.8. The number of phenols is 1. The first kappa shape index (κ1) is 10.7. The maximum Gasteiger partial charge on any atom is 0.235 e. The Labute approximate surface area is 93.6 Å². The quantitative estimate of drug-likeness (QED) is 0.625. The largest absolute Gasteiger partial charge is 0.507 e. The molecule has 1 aromatic carbocycles. The molecule has 4 heteroatoms. The average Bonchev–Trinajstić information content (AvgIpc) is 3.03. The SMILES string of the molecule is COc1ccc(C)c(O)c1C1(N=C=O)CC1. The molecule has 1 N–H and O–H groups in total. The van der Waals surface area contributed by atoms with E-state index in [1.54, 1.807) is 25.1 Å². The van der Waals surface area contributed by atoms with E-state index in [4.69, 9.17) is 4.74 Å². The van der Waals surface area contributed by atoms with E-state index >= 15 is 0 Å². The molecule has 0 aliphatic heterocycles. The summed E-state index contributed by atoms with van der Waals surface area (Å²) in [7, 11) is 1.54. The Balaban J connectivity index is 2.62. The van der Waals surface area contributed by atoms with E-state index in [0.29, 0.717) is 11.3 Å². The van der Waals surface area contributed by atoms with Gasteiger partial charge in [-0.3, -0.25) is 0 Å². The second-order valence-corrected chi connectivity index (χ2v) is 4.04. The van der Waals surface area contributed by atoms with Crippen LogP contribution in [0.3, 0.4) is 0 Å². The number of phenolic OH excluding ortho intramolecular Hbond substituents is 1. The summed E-state index contributed by atoms with van der Waals surface area (Å²) in [6.07, 6.45) is 3.07. The first-order chi connectivity index (χ1) is 7.64. The van der Waals surface area contributed by atoms with E-state index in [1.807, 2.05) is 0 Å². The summed E-state index contributed by atoms with van der Waals surface area (Å²) in [5.74, 6) is 0.732. The fourth-order valence-electron chi connectivity index (χ4n) is 1.92. The number of methoxy groups -OCH3 is 1. The Morgan fingerprint density at radius 3 is 2.69 bits per heavy atom. The molecule has 16 heavy (non-hydrogen) atoms. The molecular formula is C12H13NO3. The lowest BCUT2D eigenvalue weighted by atomic mass is 10.00. The first-order valence-electron chi connectivity index (χ1n) is 5.11. The van der Waals surface area contributed by atoms with E-state index in [1.165, 1.54) is 7.11 Å². The van der Waals surface area contributed by atoms with Gasteiger partial charge in [-0.05, 0) is 31.4 Å². The zero-order valence-corrected chi connectivity index (χ0v) is 9.28. The lowest BCUT2D eigenvalue weighted by molar-refractivity contribution is 0.390. The highest BCUT2D eigenvalue weighted by molar-refractivity contribution is 5.56. The van der Waals surface area contributed by atoms with Crippen LogP contribution in [0.15, 0.2) is 17.1 Å². The van der Waals surface area contributed by atoms with Gasteiger partial charge in [-0.25, -0.2) is 4.79 Å². The molecule has 0 aromatic heterocycles. The van der Waals surface area contributed by atoms with E-state index in [9.17, 15) is 9.90 Å². The van der Waals surface area contributed by atoms with E-state index in [0.717, 1.165) is 18.4 Å². The highest BCUT2D eigenvalue weighted by Crippen LogP contribution is 2.55. The maximum absolute atomic E-state index is 10.4. The van der Waals surface area contributed by atoms with Crippen molar-refractivity contribution in [3.05, 3.63) is 23.3 Å². The van der Waals surface area contributed by atoms with Crippen LogP contribution >= 0.6 is 0 Å². The van der Waals surface area contributed by atoms with Crippen LogP contribution in [0.1, 0.15) is 24.0 Å². The molecule has 0 unspecified atom stereocenters. The van der Waals surface area contributed by atoms with Gasteiger partial charge in [0.25, 0.3) is 0 Å². The standard InChI is InChI=1S/C12H13NO3/c1-8-3-4-9(16-2)10(11(8)15)12(5-6-12)13-7-14/h3-4,15H,5-6H2,1-2H3. The van der Waals surface area contributed by atoms with Crippen molar-refractivity contribution in [2.45, 2.75) is 25.3 Å². The van der Waals surface area contributed by atoms with Crippen LogP contribution in [0.4, 0.5) is 0 Å². The second-order valence-electron chi connectivity index (χ2n) is 4.04. The number of benzene rings is 1. The molecule has 84 valence electrons. The van der Waals surface area contributed by atoms with Gasteiger partial charge in [0, 0.05) is 0 Å². The number of rotatable bonds is 3. The summed E-state index contributed by atoms with van der Waals surface area (Å²) in [6.45, 7) is 1.80. The Kier molecular flexibility index (Phi) is 2.44. The fourth-order valence-corrected chi connectivity index (χ4v) is 1.92. The topological polar surface area (TPSA) is 58.9 Å². The number of hydrogen-bond donors (Lipinski definition) is 1. The lowest BCUT2D eigenvalue weighted by Crippen LogP contribution is -2.06. The average molecular weight is 219 g/mol. The van der Waals surface area contributed by atoms with Gasteiger partial charge in [0.05, 0.1) is 12.7 Å². The van der Waals surface area contributed by atoms with Gasteiger partial charge in [-0.1, -0.05) is 6.07 Å². The number of carbonyl (C=O) groups excluding carboxylic acids is 1. The van der Waals surface area contributed by atoms with Crippen LogP contribution in [0.5, 0.6) is 11.5 Å². The van der Waals surface area contributed by atoms with Crippen LogP contribution in [0, 0.1) is 6.92 Å². The fraction of sp³-hybridized carbons (Fsp3) is 0.417. The van der Waals surface area contributed by atoms with Crippen molar-refractivity contribution in [1.29, 1.82) is 0 Å². The van der Waals surface area contributed by atoms with Gasteiger partial charge in [-0.15, -0.1) is 0 Å². The predicted molar refractivity (Wildman–Crippen MR) is 58.4 cm³/mol. The highest BCUT2D eigenvalue weighted by atomic mass is 16.5. The molecule has 1 aromatic rings. The minimum atomic E-state index is -0.608. The maximum atomic E-state index is 10.4. The van der Waals surface area contributed by atoms with Crippen molar-refractivity contribution in [3.8, 4) is 11.5 Å². The predicted octanol–water partition coefficient (Wildman–Crippen LogP) is 2.03. The summed E-state index contributed by atoms with van der Waals surface area (Å²) in [5, 5.41) is 10.0. The van der Waals surface area contributed by atoms with Gasteiger partial charge in [0.15, 0.2) is 0 Å². The summed E-state index contributed by atoms with van der Waals surface area (Å²) in [5.41, 5.74) is 0.755. The van der Waals surface area contributed by atoms with E-state index in [-0.39, 0.29) is 5.75 Å². The molecule has 4 nitrogen and oxygen atoms in total. The van der Waals surface area contributed by atoms with Gasteiger partial charge in [0.2, 0.25) is 6.08 Å². The minimum absolute atomic E-state index is 0.163. The van der Waals surface area contributed by atoms with Crippen LogP contribution in [-0.4, -0.2) is 18.3 Å². The Morgan fingerprint density at radius 1 is 1.50 bits per heavy atom. The molecule has 0 atom stereocenters. The third kappa shape index (κ3) is 1.48. The third-order valence-corrected chi connectivity index (χ3v) is 3.01. The normalized spacial score (nSPS) is 16.4. The van der Waals surface area contributed by atoms with E-state index < -0.39 is 5.54 Å². The molecule has 1 aliphatic rings. The van der Waals surface area contributed by atoms with Crippen molar-refractivity contribution in [3.63, 3.8) is 0 Å². The summed E-state index contributed by atoms with van der Waals surface area (Å²) >= 11 is 0. The molecule has 0 amide bonds. The Morgan fingerprint density at radius 2 is 2.19 bits per heavy atom. The molecule has 0 spiro atoms. The third-order valence-electron chi connectivity index (χ3n) is 3.01. The van der Waals surface area contributed by atoms with Crippen molar-refractivity contribution in [1.82, 2.24) is 0 Å². The van der Waals surface area contributed by atoms with Crippen LogP contribution in [0.2, 0.25) is 0 Å². The Bertz CT molecular complexity index is 471. The van der Waals surface area contributed by atoms with Crippen molar-refractivity contribution in [2.24, 2.45) is 4.99 Å². The second kappa shape index (κ2) is 3.65. The molecule has 0 heterocycles. The number of ether oxygens (including phenoxy) is 1. The van der Waals surface area contributed by atoms with Crippen molar-refractivity contribution < 1.29 is 14.6 Å². The number of nitrogens with zero attached hydrogens (tertiary/aromatic N) is 1.